The van der Waals surface area contributed by atoms with E-state index in [1.165, 1.54) is 7.11 Å². The van der Waals surface area contributed by atoms with Crippen molar-refractivity contribution in [2.75, 3.05) is 19.5 Å². The van der Waals surface area contributed by atoms with Crippen LogP contribution in [-0.2, 0) is 0 Å². The van der Waals surface area contributed by atoms with E-state index in [1.807, 2.05) is 0 Å². The van der Waals surface area contributed by atoms with Gasteiger partial charge in [-0.2, -0.15) is 0 Å². The van der Waals surface area contributed by atoms with E-state index in [0.717, 1.165) is 6.07 Å². The molecule has 2 aromatic carbocycles. The highest BCUT2D eigenvalue weighted by Crippen LogP contribution is 2.32. The molecule has 0 aliphatic rings. The van der Waals surface area contributed by atoms with Gasteiger partial charge in [-0.1, -0.05) is 17.3 Å². The predicted octanol–water partition coefficient (Wildman–Crippen LogP) is 3.72. The van der Waals surface area contributed by atoms with Crippen molar-refractivity contribution in [3.05, 3.63) is 70.6 Å². The number of hydrogen-bond acceptors (Lipinski definition) is 7. The van der Waals surface area contributed by atoms with Gasteiger partial charge in [-0.3, -0.25) is 14.9 Å². The summed E-state index contributed by atoms with van der Waals surface area (Å²) in [5.41, 5.74) is 1.22. The van der Waals surface area contributed by atoms with E-state index in [2.05, 4.69) is 10.5 Å². The Morgan fingerprint density at radius 2 is 1.79 bits per heavy atom. The minimum Gasteiger partial charge on any atom is -0.493 e. The molecule has 2 heterocycles. The van der Waals surface area contributed by atoms with Crippen LogP contribution in [0.3, 0.4) is 0 Å². The van der Waals surface area contributed by atoms with Crippen molar-refractivity contribution >= 4 is 22.8 Å². The largest absolute Gasteiger partial charge is 0.493 e. The number of benzene rings is 2. The number of nitrogens with one attached hydrogen (secondary N) is 1. The van der Waals surface area contributed by atoms with Crippen LogP contribution in [0.25, 0.3) is 22.2 Å². The fourth-order valence-corrected chi connectivity index (χ4v) is 2.86. The van der Waals surface area contributed by atoms with E-state index < -0.39 is 5.91 Å². The highest BCUT2D eigenvalue weighted by molar-refractivity contribution is 6.02. The van der Waals surface area contributed by atoms with Crippen molar-refractivity contribution in [2.45, 2.75) is 0 Å². The molecule has 4 aromatic rings. The van der Waals surface area contributed by atoms with Crippen LogP contribution < -0.4 is 20.2 Å². The fourth-order valence-electron chi connectivity index (χ4n) is 2.86. The maximum absolute atomic E-state index is 12.5. The number of nitrogens with zero attached hydrogens (tertiary/aromatic N) is 1. The van der Waals surface area contributed by atoms with E-state index in [0.29, 0.717) is 33.7 Å². The Hall–Kier alpha value is -4.07. The number of ether oxygens (including phenoxy) is 2. The Balaban J connectivity index is 1.58. The standard InChI is InChI=1S/C21H16N2O6/c1-26-17-8-7-12(9-18(17)27-2)14-10-20(29-23-14)22-21(25)19-11-15(24)13-5-3-4-6-16(13)28-19/h3-11H,1-2H3,(H,22,25). The van der Waals surface area contributed by atoms with Gasteiger partial charge in [-0.15, -0.1) is 0 Å². The Labute approximate surface area is 164 Å². The van der Waals surface area contributed by atoms with E-state index >= 15 is 0 Å². The van der Waals surface area contributed by atoms with Crippen molar-refractivity contribution in [1.82, 2.24) is 5.16 Å². The van der Waals surface area contributed by atoms with E-state index in [4.69, 9.17) is 18.4 Å². The third-order valence-electron chi connectivity index (χ3n) is 4.28. The summed E-state index contributed by atoms with van der Waals surface area (Å²) in [5.74, 6) is 0.479. The lowest BCUT2D eigenvalue weighted by Gasteiger charge is -2.07. The first-order valence-corrected chi connectivity index (χ1v) is 8.62. The van der Waals surface area contributed by atoms with Gasteiger partial charge in [0.05, 0.1) is 19.6 Å². The van der Waals surface area contributed by atoms with Crippen molar-refractivity contribution in [1.29, 1.82) is 0 Å². The third kappa shape index (κ3) is 3.55. The second-order valence-electron chi connectivity index (χ2n) is 6.07. The number of carbonyl (C=O) groups is 1. The van der Waals surface area contributed by atoms with Crippen LogP contribution in [0.5, 0.6) is 11.5 Å². The average molecular weight is 392 g/mol. The summed E-state index contributed by atoms with van der Waals surface area (Å²) >= 11 is 0. The molecular weight excluding hydrogens is 376 g/mol. The molecule has 8 nitrogen and oxygen atoms in total. The van der Waals surface area contributed by atoms with Crippen molar-refractivity contribution in [3.8, 4) is 22.8 Å². The number of methoxy groups -OCH3 is 2. The smallest absolute Gasteiger partial charge is 0.293 e. The van der Waals surface area contributed by atoms with Crippen LogP contribution in [0, 0.1) is 0 Å². The highest BCUT2D eigenvalue weighted by atomic mass is 16.5. The predicted molar refractivity (Wildman–Crippen MR) is 105 cm³/mol. The lowest BCUT2D eigenvalue weighted by molar-refractivity contribution is 0.0994. The number of rotatable bonds is 5. The van der Waals surface area contributed by atoms with E-state index in [9.17, 15) is 9.59 Å². The molecule has 1 amide bonds. The summed E-state index contributed by atoms with van der Waals surface area (Å²) in [6, 6.07) is 14.7. The van der Waals surface area contributed by atoms with Crippen LogP contribution in [0.4, 0.5) is 5.88 Å². The lowest BCUT2D eigenvalue weighted by atomic mass is 10.1. The lowest BCUT2D eigenvalue weighted by Crippen LogP contribution is -2.14. The van der Waals surface area contributed by atoms with Gasteiger partial charge in [0.15, 0.2) is 22.7 Å². The van der Waals surface area contributed by atoms with Crippen LogP contribution in [0.2, 0.25) is 0 Å². The Kier molecular flexibility index (Phi) is 4.74. The van der Waals surface area contributed by atoms with Gasteiger partial charge >= 0.3 is 0 Å². The molecule has 0 saturated carbocycles. The first kappa shape index (κ1) is 18.3. The Morgan fingerprint density at radius 1 is 1.00 bits per heavy atom. The molecule has 2 aromatic heterocycles. The van der Waals surface area contributed by atoms with Crippen molar-refractivity contribution in [2.24, 2.45) is 0 Å². The SMILES string of the molecule is COc1ccc(-c2cc(NC(=O)c3cc(=O)c4ccccc4o3)on2)cc1OC. The number of amides is 1. The summed E-state index contributed by atoms with van der Waals surface area (Å²) in [7, 11) is 3.08. The second-order valence-corrected chi connectivity index (χ2v) is 6.07. The number of aromatic nitrogens is 1. The molecule has 0 atom stereocenters. The van der Waals surface area contributed by atoms with E-state index in [1.54, 1.807) is 55.6 Å². The van der Waals surface area contributed by atoms with Gasteiger partial charge in [0.2, 0.25) is 5.88 Å². The van der Waals surface area contributed by atoms with Crippen LogP contribution in [0.15, 0.2) is 68.3 Å². The number of fused-ring (bicyclic) bond motifs is 1. The Morgan fingerprint density at radius 3 is 2.59 bits per heavy atom. The molecule has 0 saturated heterocycles. The van der Waals surface area contributed by atoms with Gasteiger partial charge in [0, 0.05) is 17.7 Å². The first-order chi connectivity index (χ1) is 14.1. The number of carbonyl (C=O) groups excluding carboxylic acids is 1. The van der Waals surface area contributed by atoms with Gasteiger partial charge in [0.25, 0.3) is 5.91 Å². The minimum atomic E-state index is -0.622. The quantitative estimate of drug-likeness (QED) is 0.552. The van der Waals surface area contributed by atoms with Crippen molar-refractivity contribution in [3.63, 3.8) is 0 Å². The molecule has 0 spiro atoms. The molecular formula is C21H16N2O6. The molecule has 4 rings (SSSR count). The molecule has 0 bridgehead atoms. The molecule has 0 radical (unpaired) electrons. The summed E-state index contributed by atoms with van der Waals surface area (Å²) < 4.78 is 21.2. The van der Waals surface area contributed by atoms with Gasteiger partial charge in [-0.05, 0) is 30.3 Å². The number of hydrogen-bond donors (Lipinski definition) is 1. The monoisotopic (exact) mass is 392 g/mol. The van der Waals surface area contributed by atoms with Crippen LogP contribution in [0.1, 0.15) is 10.6 Å². The summed E-state index contributed by atoms with van der Waals surface area (Å²) in [6.45, 7) is 0. The summed E-state index contributed by atoms with van der Waals surface area (Å²) in [4.78, 5) is 24.6. The third-order valence-corrected chi connectivity index (χ3v) is 4.28. The molecule has 0 aliphatic carbocycles. The van der Waals surface area contributed by atoms with Gasteiger partial charge < -0.3 is 18.4 Å². The summed E-state index contributed by atoms with van der Waals surface area (Å²) in [6.07, 6.45) is 0. The first-order valence-electron chi connectivity index (χ1n) is 8.62. The second kappa shape index (κ2) is 7.51. The average Bonchev–Trinajstić information content (AvgIpc) is 3.21. The normalized spacial score (nSPS) is 10.7. The molecule has 8 heteroatoms. The van der Waals surface area contributed by atoms with Gasteiger partial charge in [-0.25, -0.2) is 0 Å². The maximum Gasteiger partial charge on any atom is 0.293 e. The number of para-hydroxylation sites is 1. The van der Waals surface area contributed by atoms with E-state index in [-0.39, 0.29) is 17.1 Å². The Bertz CT molecular complexity index is 1260. The topological polar surface area (TPSA) is 104 Å². The highest BCUT2D eigenvalue weighted by Gasteiger charge is 2.16. The van der Waals surface area contributed by atoms with Gasteiger partial charge in [0.1, 0.15) is 11.3 Å². The minimum absolute atomic E-state index is 0.107. The molecule has 146 valence electrons. The molecule has 29 heavy (non-hydrogen) atoms. The molecule has 0 aliphatic heterocycles. The van der Waals surface area contributed by atoms with Crippen molar-refractivity contribution < 1.29 is 23.2 Å². The molecule has 0 unspecified atom stereocenters. The zero-order chi connectivity index (χ0) is 20.4. The summed E-state index contributed by atoms with van der Waals surface area (Å²) in [5, 5.41) is 6.89. The molecule has 0 fully saturated rings. The van der Waals surface area contributed by atoms with Crippen LogP contribution >= 0.6 is 0 Å². The zero-order valence-corrected chi connectivity index (χ0v) is 15.6. The maximum atomic E-state index is 12.5. The number of anilines is 1. The van der Waals surface area contributed by atoms with Crippen LogP contribution in [-0.4, -0.2) is 25.3 Å². The fraction of sp³-hybridized carbons (Fsp3) is 0.0952. The zero-order valence-electron chi connectivity index (χ0n) is 15.6. The molecule has 1 N–H and O–H groups in total.